The molecule has 2 heteroatoms. The first-order chi connectivity index (χ1) is 9.20. The topological polar surface area (TPSA) is 26.3 Å². The summed E-state index contributed by atoms with van der Waals surface area (Å²) in [7, 11) is 0. The van der Waals surface area contributed by atoms with Crippen LogP contribution in [0.15, 0.2) is 11.6 Å². The fraction of sp³-hybridized carbons (Fsp3) is 0.824. The van der Waals surface area contributed by atoms with E-state index in [0.29, 0.717) is 5.92 Å². The lowest BCUT2D eigenvalue weighted by molar-refractivity contribution is -0.148. The van der Waals surface area contributed by atoms with Crippen molar-refractivity contribution in [3.63, 3.8) is 0 Å². The summed E-state index contributed by atoms with van der Waals surface area (Å²) in [5.41, 5.74) is 0.745. The van der Waals surface area contributed by atoms with Gasteiger partial charge in [0.25, 0.3) is 0 Å². The van der Waals surface area contributed by atoms with E-state index in [1.54, 1.807) is 0 Å². The summed E-state index contributed by atoms with van der Waals surface area (Å²) in [5, 5.41) is 0. The van der Waals surface area contributed by atoms with Crippen LogP contribution >= 0.6 is 0 Å². The van der Waals surface area contributed by atoms with E-state index in [1.165, 1.54) is 51.4 Å². The SMILES string of the molecule is CC=C(C)C(=O)OC(CC1CCCC1)C1CCCC1. The molecular formula is C17H28O2. The van der Waals surface area contributed by atoms with Crippen molar-refractivity contribution >= 4 is 5.97 Å². The Morgan fingerprint density at radius 2 is 1.74 bits per heavy atom. The van der Waals surface area contributed by atoms with Crippen LogP contribution in [0.5, 0.6) is 0 Å². The molecule has 0 spiro atoms. The maximum atomic E-state index is 12.0. The van der Waals surface area contributed by atoms with Gasteiger partial charge in [0.05, 0.1) is 0 Å². The Morgan fingerprint density at radius 3 is 2.32 bits per heavy atom. The lowest BCUT2D eigenvalue weighted by Crippen LogP contribution is -2.28. The van der Waals surface area contributed by atoms with Gasteiger partial charge in [0, 0.05) is 5.57 Å². The lowest BCUT2D eigenvalue weighted by atomic mass is 9.90. The van der Waals surface area contributed by atoms with E-state index in [2.05, 4.69) is 0 Å². The van der Waals surface area contributed by atoms with Gasteiger partial charge in [-0.1, -0.05) is 44.6 Å². The van der Waals surface area contributed by atoms with E-state index in [9.17, 15) is 4.79 Å². The van der Waals surface area contributed by atoms with Crippen molar-refractivity contribution in [2.24, 2.45) is 11.8 Å². The molecule has 2 rings (SSSR count). The first-order valence-electron chi connectivity index (χ1n) is 8.04. The minimum atomic E-state index is -0.0996. The van der Waals surface area contributed by atoms with Crippen LogP contribution in [0.4, 0.5) is 0 Å². The molecule has 2 nitrogen and oxygen atoms in total. The number of allylic oxidation sites excluding steroid dienone is 1. The van der Waals surface area contributed by atoms with Crippen molar-refractivity contribution in [1.29, 1.82) is 0 Å². The molecule has 0 aromatic carbocycles. The second-order valence-corrected chi connectivity index (χ2v) is 6.35. The van der Waals surface area contributed by atoms with Gasteiger partial charge in [-0.05, 0) is 44.9 Å². The molecule has 2 aliphatic carbocycles. The van der Waals surface area contributed by atoms with Gasteiger partial charge in [-0.3, -0.25) is 0 Å². The highest BCUT2D eigenvalue weighted by Gasteiger charge is 2.31. The molecule has 2 aliphatic rings. The summed E-state index contributed by atoms with van der Waals surface area (Å²) in [5.74, 6) is 1.32. The quantitative estimate of drug-likeness (QED) is 0.534. The molecule has 0 aliphatic heterocycles. The second kappa shape index (κ2) is 7.12. The highest BCUT2D eigenvalue weighted by atomic mass is 16.5. The maximum Gasteiger partial charge on any atom is 0.333 e. The minimum absolute atomic E-state index is 0.0996. The summed E-state index contributed by atoms with van der Waals surface area (Å²) in [6.45, 7) is 3.75. The first kappa shape index (κ1) is 14.6. The Balaban J connectivity index is 1.94. The molecule has 19 heavy (non-hydrogen) atoms. The normalized spacial score (nSPS) is 23.8. The molecule has 0 radical (unpaired) electrons. The zero-order chi connectivity index (χ0) is 13.7. The molecule has 2 saturated carbocycles. The summed E-state index contributed by atoms with van der Waals surface area (Å²) in [6.07, 6.45) is 13.7. The molecule has 0 aromatic rings. The van der Waals surface area contributed by atoms with Crippen LogP contribution in [-0.2, 0) is 9.53 Å². The highest BCUT2D eigenvalue weighted by Crippen LogP contribution is 2.36. The summed E-state index contributed by atoms with van der Waals surface area (Å²) in [6, 6.07) is 0. The van der Waals surface area contributed by atoms with Gasteiger partial charge in [0.1, 0.15) is 6.10 Å². The van der Waals surface area contributed by atoms with Crippen LogP contribution < -0.4 is 0 Å². The Hall–Kier alpha value is -0.790. The van der Waals surface area contributed by atoms with Crippen molar-refractivity contribution in [2.75, 3.05) is 0 Å². The second-order valence-electron chi connectivity index (χ2n) is 6.35. The van der Waals surface area contributed by atoms with Gasteiger partial charge in [0.15, 0.2) is 0 Å². The van der Waals surface area contributed by atoms with Crippen LogP contribution in [-0.4, -0.2) is 12.1 Å². The molecular weight excluding hydrogens is 236 g/mol. The fourth-order valence-corrected chi connectivity index (χ4v) is 3.59. The monoisotopic (exact) mass is 264 g/mol. The Morgan fingerprint density at radius 1 is 1.16 bits per heavy atom. The van der Waals surface area contributed by atoms with Gasteiger partial charge in [-0.2, -0.15) is 0 Å². The van der Waals surface area contributed by atoms with Crippen molar-refractivity contribution in [3.8, 4) is 0 Å². The number of carbonyl (C=O) groups is 1. The number of hydrogen-bond acceptors (Lipinski definition) is 2. The molecule has 0 bridgehead atoms. The van der Waals surface area contributed by atoms with Crippen LogP contribution in [0, 0.1) is 11.8 Å². The third-order valence-electron chi connectivity index (χ3n) is 4.98. The van der Waals surface area contributed by atoms with Gasteiger partial charge < -0.3 is 4.74 Å². The third kappa shape index (κ3) is 4.09. The van der Waals surface area contributed by atoms with Crippen LogP contribution in [0.25, 0.3) is 0 Å². The zero-order valence-electron chi connectivity index (χ0n) is 12.5. The van der Waals surface area contributed by atoms with Crippen molar-refractivity contribution in [2.45, 2.75) is 77.7 Å². The fourth-order valence-electron chi connectivity index (χ4n) is 3.59. The number of ether oxygens (including phenoxy) is 1. The number of carbonyl (C=O) groups excluding carboxylic acids is 1. The maximum absolute atomic E-state index is 12.0. The van der Waals surface area contributed by atoms with Crippen molar-refractivity contribution < 1.29 is 9.53 Å². The van der Waals surface area contributed by atoms with E-state index in [0.717, 1.165) is 17.9 Å². The molecule has 0 aromatic heterocycles. The zero-order valence-corrected chi connectivity index (χ0v) is 12.5. The Bertz CT molecular complexity index is 320. The molecule has 2 fully saturated rings. The molecule has 108 valence electrons. The number of hydrogen-bond donors (Lipinski definition) is 0. The van der Waals surface area contributed by atoms with Gasteiger partial charge in [-0.15, -0.1) is 0 Å². The largest absolute Gasteiger partial charge is 0.459 e. The average Bonchev–Trinajstić information content (AvgIpc) is 3.09. The van der Waals surface area contributed by atoms with E-state index in [4.69, 9.17) is 4.74 Å². The summed E-state index contributed by atoms with van der Waals surface area (Å²) < 4.78 is 5.84. The lowest BCUT2D eigenvalue weighted by Gasteiger charge is -2.26. The third-order valence-corrected chi connectivity index (χ3v) is 4.98. The predicted octanol–water partition coefficient (Wildman–Crippen LogP) is 4.63. The van der Waals surface area contributed by atoms with Crippen molar-refractivity contribution in [1.82, 2.24) is 0 Å². The van der Waals surface area contributed by atoms with Crippen LogP contribution in [0.1, 0.15) is 71.6 Å². The van der Waals surface area contributed by atoms with Crippen LogP contribution in [0.3, 0.4) is 0 Å². The summed E-state index contributed by atoms with van der Waals surface area (Å²) >= 11 is 0. The van der Waals surface area contributed by atoms with E-state index in [-0.39, 0.29) is 12.1 Å². The van der Waals surface area contributed by atoms with Crippen LogP contribution in [0.2, 0.25) is 0 Å². The highest BCUT2D eigenvalue weighted by molar-refractivity contribution is 5.87. The first-order valence-corrected chi connectivity index (χ1v) is 8.04. The predicted molar refractivity (Wildman–Crippen MR) is 77.8 cm³/mol. The molecule has 1 atom stereocenters. The number of esters is 1. The molecule has 0 heterocycles. The molecule has 0 N–H and O–H groups in total. The average molecular weight is 264 g/mol. The Kier molecular flexibility index (Phi) is 5.47. The van der Waals surface area contributed by atoms with Gasteiger partial charge in [0.2, 0.25) is 0 Å². The Labute approximate surface area is 117 Å². The molecule has 0 saturated heterocycles. The smallest absolute Gasteiger partial charge is 0.333 e. The van der Waals surface area contributed by atoms with Gasteiger partial charge >= 0.3 is 5.97 Å². The molecule has 0 amide bonds. The standard InChI is InChI=1S/C17H28O2/c1-3-13(2)17(18)19-16(15-10-6-7-11-15)12-14-8-4-5-9-14/h3,14-16H,4-12H2,1-2H3. The van der Waals surface area contributed by atoms with E-state index < -0.39 is 0 Å². The van der Waals surface area contributed by atoms with E-state index in [1.807, 2.05) is 19.9 Å². The molecule has 1 unspecified atom stereocenters. The van der Waals surface area contributed by atoms with E-state index >= 15 is 0 Å². The summed E-state index contributed by atoms with van der Waals surface area (Å²) in [4.78, 5) is 12.0. The number of rotatable bonds is 5. The minimum Gasteiger partial charge on any atom is -0.459 e. The van der Waals surface area contributed by atoms with Crippen molar-refractivity contribution in [3.05, 3.63) is 11.6 Å². The van der Waals surface area contributed by atoms with Gasteiger partial charge in [-0.25, -0.2) is 4.79 Å².